The van der Waals surface area contributed by atoms with Crippen LogP contribution < -0.4 is 15.4 Å². The molecule has 1 unspecified atom stereocenters. The van der Waals surface area contributed by atoms with Crippen molar-refractivity contribution in [2.75, 3.05) is 23.9 Å². The number of nitrogens with two attached hydrogens (primary N) is 1. The minimum Gasteiger partial charge on any atom is -0.491 e. The van der Waals surface area contributed by atoms with Gasteiger partial charge in [-0.25, -0.2) is 23.5 Å². The molecule has 2 N–H and O–H groups in total. The third-order valence-corrected chi connectivity index (χ3v) is 5.39. The molecule has 3 heterocycles. The lowest BCUT2D eigenvalue weighted by Gasteiger charge is -2.17. The van der Waals surface area contributed by atoms with Crippen LogP contribution in [0.4, 0.5) is 19.4 Å². The molecule has 2 aliphatic rings. The Bertz CT molecular complexity index is 936. The molecule has 11 heteroatoms. The number of anilines is 1. The minimum absolute atomic E-state index is 0.114. The van der Waals surface area contributed by atoms with Gasteiger partial charge in [-0.15, -0.1) is 11.8 Å². The Morgan fingerprint density at radius 2 is 2.21 bits per heavy atom. The van der Waals surface area contributed by atoms with Gasteiger partial charge < -0.3 is 19.8 Å². The Balaban J connectivity index is 1.68. The van der Waals surface area contributed by atoms with Gasteiger partial charge >= 0.3 is 6.09 Å². The number of rotatable bonds is 5. The summed E-state index contributed by atoms with van der Waals surface area (Å²) in [6.07, 6.45) is -2.03. The van der Waals surface area contributed by atoms with Gasteiger partial charge in [0, 0.05) is 11.1 Å². The lowest BCUT2D eigenvalue weighted by atomic mass is 10.2. The topological polar surface area (TPSA) is 99.7 Å². The van der Waals surface area contributed by atoms with Crippen molar-refractivity contribution in [1.82, 2.24) is 9.55 Å². The van der Waals surface area contributed by atoms with E-state index in [9.17, 15) is 18.4 Å². The van der Waals surface area contributed by atoms with Crippen molar-refractivity contribution in [2.24, 2.45) is 5.73 Å². The van der Waals surface area contributed by atoms with E-state index < -0.39 is 24.5 Å². The van der Waals surface area contributed by atoms with E-state index in [0.717, 1.165) is 9.80 Å². The molecule has 1 aromatic carbocycles. The van der Waals surface area contributed by atoms with Crippen LogP contribution in [-0.4, -0.2) is 53.0 Å². The number of primary amides is 1. The highest BCUT2D eigenvalue weighted by Crippen LogP contribution is 2.37. The molecule has 0 aliphatic carbocycles. The van der Waals surface area contributed by atoms with Crippen LogP contribution >= 0.6 is 11.8 Å². The van der Waals surface area contributed by atoms with Crippen LogP contribution in [0.2, 0.25) is 0 Å². The molecule has 4 rings (SSSR count). The zero-order chi connectivity index (χ0) is 19.8. The molecule has 1 aromatic heterocycles. The molecule has 148 valence electrons. The molecule has 2 aliphatic heterocycles. The highest BCUT2D eigenvalue weighted by molar-refractivity contribution is 8.00. The maximum Gasteiger partial charge on any atom is 0.416 e. The number of cyclic esters (lactones) is 1. The van der Waals surface area contributed by atoms with Crippen molar-refractivity contribution in [3.05, 3.63) is 24.4 Å². The van der Waals surface area contributed by atoms with Crippen LogP contribution in [0.25, 0.3) is 11.4 Å². The van der Waals surface area contributed by atoms with Crippen LogP contribution in [0.15, 0.2) is 29.3 Å². The zero-order valence-electron chi connectivity index (χ0n) is 14.5. The van der Waals surface area contributed by atoms with E-state index in [1.165, 1.54) is 11.8 Å². The number of ether oxygens (including phenoxy) is 2. The van der Waals surface area contributed by atoms with Gasteiger partial charge in [0.15, 0.2) is 5.82 Å². The lowest BCUT2D eigenvalue weighted by molar-refractivity contribution is -0.115. The standard InChI is InChI=1S/C17H16F2N4O4S/c18-15(19)11-7-27-17(25)23(11)14-6-22-3-4-26-12-5-9(28-8-13(20)24)1-2-10(12)16(22)21-14/h1-2,5-6,11,15H,3-4,7-8H2,(H2,20,24). The van der Waals surface area contributed by atoms with Crippen molar-refractivity contribution >= 4 is 29.6 Å². The molecule has 2 amide bonds. The number of nitrogens with zero attached hydrogens (tertiary/aromatic N) is 3. The van der Waals surface area contributed by atoms with Crippen molar-refractivity contribution in [2.45, 2.75) is 23.9 Å². The second-order valence-corrected chi connectivity index (χ2v) is 7.27. The number of hydrogen-bond acceptors (Lipinski definition) is 6. The van der Waals surface area contributed by atoms with Crippen molar-refractivity contribution in [3.63, 3.8) is 0 Å². The summed E-state index contributed by atoms with van der Waals surface area (Å²) >= 11 is 1.28. The summed E-state index contributed by atoms with van der Waals surface area (Å²) in [4.78, 5) is 29.0. The Morgan fingerprint density at radius 1 is 1.39 bits per heavy atom. The Hall–Kier alpha value is -2.82. The molecule has 2 aromatic rings. The van der Waals surface area contributed by atoms with Gasteiger partial charge in [-0.05, 0) is 18.2 Å². The predicted octanol–water partition coefficient (Wildman–Crippen LogP) is 2.11. The van der Waals surface area contributed by atoms with E-state index in [0.29, 0.717) is 30.3 Å². The van der Waals surface area contributed by atoms with Crippen molar-refractivity contribution in [3.8, 4) is 17.1 Å². The Morgan fingerprint density at radius 3 is 2.96 bits per heavy atom. The minimum atomic E-state index is -2.74. The fraction of sp³-hybridized carbons (Fsp3) is 0.353. The highest BCUT2D eigenvalue weighted by atomic mass is 32.2. The molecule has 1 fully saturated rings. The predicted molar refractivity (Wildman–Crippen MR) is 96.7 cm³/mol. The van der Waals surface area contributed by atoms with Crippen LogP contribution in [0.1, 0.15) is 0 Å². The molecule has 0 radical (unpaired) electrons. The molecule has 1 atom stereocenters. The second-order valence-electron chi connectivity index (χ2n) is 6.23. The average Bonchev–Trinajstić information content (AvgIpc) is 3.19. The number of halogens is 2. The van der Waals surface area contributed by atoms with E-state index in [-0.39, 0.29) is 18.2 Å². The first-order valence-corrected chi connectivity index (χ1v) is 9.42. The summed E-state index contributed by atoms with van der Waals surface area (Å²) in [5, 5.41) is 0. The quantitative estimate of drug-likeness (QED) is 0.758. The average molecular weight is 410 g/mol. The zero-order valence-corrected chi connectivity index (χ0v) is 15.3. The second kappa shape index (κ2) is 7.30. The van der Waals surface area contributed by atoms with Gasteiger partial charge in [-0.3, -0.25) is 4.79 Å². The van der Waals surface area contributed by atoms with E-state index in [4.69, 9.17) is 15.2 Å². The van der Waals surface area contributed by atoms with Gasteiger partial charge in [0.25, 0.3) is 6.43 Å². The molecular weight excluding hydrogens is 394 g/mol. The number of aromatic nitrogens is 2. The third kappa shape index (κ3) is 3.37. The summed E-state index contributed by atoms with van der Waals surface area (Å²) in [6.45, 7) is 0.393. The molecule has 0 saturated carbocycles. The number of amides is 2. The highest BCUT2D eigenvalue weighted by Gasteiger charge is 2.42. The van der Waals surface area contributed by atoms with Crippen LogP contribution in [0, 0.1) is 0 Å². The van der Waals surface area contributed by atoms with Crippen molar-refractivity contribution in [1.29, 1.82) is 0 Å². The number of thioether (sulfide) groups is 1. The largest absolute Gasteiger partial charge is 0.491 e. The Kier molecular flexibility index (Phi) is 4.84. The van der Waals surface area contributed by atoms with Gasteiger partial charge in [-0.2, -0.15) is 0 Å². The fourth-order valence-corrected chi connectivity index (χ4v) is 3.76. The van der Waals surface area contributed by atoms with Crippen LogP contribution in [-0.2, 0) is 16.1 Å². The number of carbonyl (C=O) groups excluding carboxylic acids is 2. The Labute approximate surface area is 162 Å². The fourth-order valence-electron chi connectivity index (χ4n) is 3.09. The van der Waals surface area contributed by atoms with E-state index in [1.54, 1.807) is 29.0 Å². The molecular formula is C17H16F2N4O4S. The third-order valence-electron chi connectivity index (χ3n) is 4.37. The van der Waals surface area contributed by atoms with E-state index in [1.807, 2.05) is 0 Å². The molecule has 8 nitrogen and oxygen atoms in total. The van der Waals surface area contributed by atoms with Gasteiger partial charge in [0.05, 0.1) is 17.9 Å². The summed E-state index contributed by atoms with van der Waals surface area (Å²) in [6, 6.07) is 3.99. The van der Waals surface area contributed by atoms with E-state index in [2.05, 4.69) is 4.98 Å². The maximum atomic E-state index is 13.2. The smallest absolute Gasteiger partial charge is 0.416 e. The lowest BCUT2D eigenvalue weighted by Crippen LogP contribution is -2.38. The first kappa shape index (κ1) is 18.5. The summed E-state index contributed by atoms with van der Waals surface area (Å²) in [5.41, 5.74) is 5.83. The number of imidazole rings is 1. The van der Waals surface area contributed by atoms with Gasteiger partial charge in [0.2, 0.25) is 5.91 Å². The maximum absolute atomic E-state index is 13.2. The molecule has 0 spiro atoms. The number of hydrogen-bond donors (Lipinski definition) is 1. The summed E-state index contributed by atoms with van der Waals surface area (Å²) in [7, 11) is 0. The summed E-state index contributed by atoms with van der Waals surface area (Å²) < 4.78 is 38.8. The SMILES string of the molecule is NC(=O)CSc1ccc2c(c1)OCCn1cc(N3C(=O)OCC3C(F)F)nc1-2. The van der Waals surface area contributed by atoms with Crippen LogP contribution in [0.3, 0.4) is 0 Å². The first-order chi connectivity index (χ1) is 13.4. The number of benzene rings is 1. The van der Waals surface area contributed by atoms with Crippen molar-refractivity contribution < 1.29 is 27.8 Å². The van der Waals surface area contributed by atoms with E-state index >= 15 is 0 Å². The normalized spacial score (nSPS) is 18.3. The molecule has 0 bridgehead atoms. The monoisotopic (exact) mass is 410 g/mol. The number of fused-ring (bicyclic) bond motifs is 3. The molecule has 1 saturated heterocycles. The number of carbonyl (C=O) groups is 2. The summed E-state index contributed by atoms with van der Waals surface area (Å²) in [5.74, 6) is 0.889. The molecule has 28 heavy (non-hydrogen) atoms. The number of alkyl halides is 2. The van der Waals surface area contributed by atoms with Gasteiger partial charge in [-0.1, -0.05) is 0 Å². The first-order valence-electron chi connectivity index (χ1n) is 8.43. The van der Waals surface area contributed by atoms with Crippen LogP contribution in [0.5, 0.6) is 5.75 Å². The van der Waals surface area contributed by atoms with Gasteiger partial charge in [0.1, 0.15) is 30.8 Å².